The number of rotatable bonds is 4. The minimum absolute atomic E-state index is 0.711. The lowest BCUT2D eigenvalue weighted by Crippen LogP contribution is -1.97. The van der Waals surface area contributed by atoms with Crippen LogP contribution < -0.4 is 10.1 Å². The first kappa shape index (κ1) is 15.3. The van der Waals surface area contributed by atoms with Crippen LogP contribution in [0.15, 0.2) is 54.9 Å². The molecule has 0 aliphatic carbocycles. The molecule has 0 saturated heterocycles. The molecule has 4 nitrogen and oxygen atoms in total. The van der Waals surface area contributed by atoms with E-state index in [-0.39, 0.29) is 0 Å². The van der Waals surface area contributed by atoms with Gasteiger partial charge >= 0.3 is 0 Å². The molecule has 23 heavy (non-hydrogen) atoms. The van der Waals surface area contributed by atoms with Gasteiger partial charge in [-0.1, -0.05) is 23.7 Å². The highest BCUT2D eigenvalue weighted by molar-refractivity contribution is 6.31. The van der Waals surface area contributed by atoms with Crippen molar-refractivity contribution in [3.8, 4) is 17.0 Å². The molecule has 0 saturated carbocycles. The molecule has 1 N–H and O–H groups in total. The van der Waals surface area contributed by atoms with E-state index in [0.717, 1.165) is 33.3 Å². The molecule has 0 bridgehead atoms. The second-order valence-electron chi connectivity index (χ2n) is 5.08. The second kappa shape index (κ2) is 6.67. The Labute approximate surface area is 140 Å². The number of hydrogen-bond acceptors (Lipinski definition) is 4. The van der Waals surface area contributed by atoms with Crippen molar-refractivity contribution in [2.24, 2.45) is 0 Å². The molecular formula is C18H16ClN3O. The number of benzene rings is 2. The van der Waals surface area contributed by atoms with E-state index in [2.05, 4.69) is 15.3 Å². The Kier molecular flexibility index (Phi) is 4.44. The average Bonchev–Trinajstić information content (AvgIpc) is 2.58. The third kappa shape index (κ3) is 3.43. The number of nitrogens with zero attached hydrogens (tertiary/aromatic N) is 2. The molecule has 2 aromatic carbocycles. The number of hydrogen-bond donors (Lipinski definition) is 1. The van der Waals surface area contributed by atoms with Gasteiger partial charge in [-0.2, -0.15) is 0 Å². The largest absolute Gasteiger partial charge is 0.496 e. The van der Waals surface area contributed by atoms with Crippen molar-refractivity contribution in [3.63, 3.8) is 0 Å². The zero-order chi connectivity index (χ0) is 16.2. The second-order valence-corrected chi connectivity index (χ2v) is 5.48. The summed E-state index contributed by atoms with van der Waals surface area (Å²) in [5.74, 6) is 1.49. The van der Waals surface area contributed by atoms with Crippen LogP contribution in [0, 0.1) is 6.92 Å². The first-order valence-electron chi connectivity index (χ1n) is 7.16. The zero-order valence-corrected chi connectivity index (χ0v) is 13.6. The highest BCUT2D eigenvalue weighted by Gasteiger charge is 2.08. The standard InChI is InChI=1S/C18H16ClN3O/c1-12-9-13(7-8-15(12)19)22-18-10-16(20-11-21-18)14-5-3-4-6-17(14)23-2/h3-11H,1-2H3,(H,20,21,22). The molecule has 3 aromatic rings. The molecule has 1 aromatic heterocycles. The number of anilines is 2. The Morgan fingerprint density at radius 3 is 2.65 bits per heavy atom. The molecule has 1 heterocycles. The molecule has 0 amide bonds. The normalized spacial score (nSPS) is 10.4. The quantitative estimate of drug-likeness (QED) is 0.744. The van der Waals surface area contributed by atoms with E-state index in [9.17, 15) is 0 Å². The predicted molar refractivity (Wildman–Crippen MR) is 93.5 cm³/mol. The van der Waals surface area contributed by atoms with Crippen LogP contribution in [0.1, 0.15) is 5.56 Å². The van der Waals surface area contributed by atoms with Gasteiger partial charge in [-0.15, -0.1) is 0 Å². The summed E-state index contributed by atoms with van der Waals surface area (Å²) >= 11 is 6.05. The number of ether oxygens (including phenoxy) is 1. The summed E-state index contributed by atoms with van der Waals surface area (Å²) in [7, 11) is 1.65. The van der Waals surface area contributed by atoms with Gasteiger partial charge in [0.05, 0.1) is 12.8 Å². The summed E-state index contributed by atoms with van der Waals surface area (Å²) in [6.45, 7) is 1.97. The van der Waals surface area contributed by atoms with Gasteiger partial charge in [0.15, 0.2) is 0 Å². The fourth-order valence-electron chi connectivity index (χ4n) is 2.30. The lowest BCUT2D eigenvalue weighted by atomic mass is 10.1. The molecule has 0 fully saturated rings. The maximum Gasteiger partial charge on any atom is 0.134 e. The summed E-state index contributed by atoms with van der Waals surface area (Å²) in [5.41, 5.74) is 3.66. The van der Waals surface area contributed by atoms with E-state index in [1.54, 1.807) is 7.11 Å². The van der Waals surface area contributed by atoms with Crippen molar-refractivity contribution in [2.45, 2.75) is 6.92 Å². The molecule has 3 rings (SSSR count). The Morgan fingerprint density at radius 2 is 1.87 bits per heavy atom. The van der Waals surface area contributed by atoms with Gasteiger partial charge in [0.1, 0.15) is 17.9 Å². The van der Waals surface area contributed by atoms with Crippen LogP contribution in [0.5, 0.6) is 5.75 Å². The molecule has 116 valence electrons. The third-order valence-electron chi connectivity index (χ3n) is 3.48. The van der Waals surface area contributed by atoms with Crippen molar-refractivity contribution >= 4 is 23.1 Å². The molecule has 0 aliphatic rings. The fraction of sp³-hybridized carbons (Fsp3) is 0.111. The number of para-hydroxylation sites is 1. The molecule has 0 unspecified atom stereocenters. The number of methoxy groups -OCH3 is 1. The maximum atomic E-state index is 6.05. The van der Waals surface area contributed by atoms with Gasteiger partial charge in [0.2, 0.25) is 0 Å². The monoisotopic (exact) mass is 325 g/mol. The molecule has 0 spiro atoms. The minimum Gasteiger partial charge on any atom is -0.496 e. The SMILES string of the molecule is COc1ccccc1-c1cc(Nc2ccc(Cl)c(C)c2)ncn1. The van der Waals surface area contributed by atoms with Crippen LogP contribution in [0.25, 0.3) is 11.3 Å². The molecule has 0 radical (unpaired) electrons. The zero-order valence-electron chi connectivity index (χ0n) is 12.9. The van der Waals surface area contributed by atoms with Crippen LogP contribution >= 0.6 is 11.6 Å². The van der Waals surface area contributed by atoms with Crippen molar-refractivity contribution in [1.29, 1.82) is 0 Å². The summed E-state index contributed by atoms with van der Waals surface area (Å²) in [6, 6.07) is 15.4. The van der Waals surface area contributed by atoms with Crippen LogP contribution in [0.2, 0.25) is 5.02 Å². The Hall–Kier alpha value is -2.59. The summed E-state index contributed by atoms with van der Waals surface area (Å²) in [5, 5.41) is 4.01. The molecule has 0 atom stereocenters. The number of nitrogens with one attached hydrogen (secondary N) is 1. The van der Waals surface area contributed by atoms with Gasteiger partial charge in [-0.3, -0.25) is 0 Å². The Morgan fingerprint density at radius 1 is 1.04 bits per heavy atom. The highest BCUT2D eigenvalue weighted by atomic mass is 35.5. The average molecular weight is 326 g/mol. The van der Waals surface area contributed by atoms with Gasteiger partial charge in [-0.25, -0.2) is 9.97 Å². The van der Waals surface area contributed by atoms with Crippen molar-refractivity contribution in [2.75, 3.05) is 12.4 Å². The number of halogens is 1. The summed E-state index contributed by atoms with van der Waals surface area (Å²) in [4.78, 5) is 8.61. The smallest absolute Gasteiger partial charge is 0.134 e. The van der Waals surface area contributed by atoms with Gasteiger partial charge in [-0.05, 0) is 42.8 Å². The van der Waals surface area contributed by atoms with E-state index in [4.69, 9.17) is 16.3 Å². The molecule has 0 aliphatic heterocycles. The lowest BCUT2D eigenvalue weighted by molar-refractivity contribution is 0.416. The Balaban J connectivity index is 1.92. The van der Waals surface area contributed by atoms with E-state index in [1.807, 2.05) is 55.5 Å². The first-order valence-corrected chi connectivity index (χ1v) is 7.54. The van der Waals surface area contributed by atoms with E-state index >= 15 is 0 Å². The number of aromatic nitrogens is 2. The van der Waals surface area contributed by atoms with Crippen molar-refractivity contribution < 1.29 is 4.74 Å². The van der Waals surface area contributed by atoms with E-state index < -0.39 is 0 Å². The Bertz CT molecular complexity index is 836. The summed E-state index contributed by atoms with van der Waals surface area (Å²) in [6.07, 6.45) is 1.53. The fourth-order valence-corrected chi connectivity index (χ4v) is 2.42. The maximum absolute atomic E-state index is 6.05. The lowest BCUT2D eigenvalue weighted by Gasteiger charge is -2.10. The topological polar surface area (TPSA) is 47.0 Å². The highest BCUT2D eigenvalue weighted by Crippen LogP contribution is 2.29. The molecular weight excluding hydrogens is 310 g/mol. The van der Waals surface area contributed by atoms with Gasteiger partial charge in [0, 0.05) is 22.3 Å². The summed E-state index contributed by atoms with van der Waals surface area (Å²) < 4.78 is 5.39. The van der Waals surface area contributed by atoms with E-state index in [1.165, 1.54) is 6.33 Å². The van der Waals surface area contributed by atoms with Crippen molar-refractivity contribution in [3.05, 3.63) is 65.4 Å². The van der Waals surface area contributed by atoms with Crippen LogP contribution in [0.3, 0.4) is 0 Å². The predicted octanol–water partition coefficient (Wildman–Crippen LogP) is 4.86. The van der Waals surface area contributed by atoms with Crippen molar-refractivity contribution in [1.82, 2.24) is 9.97 Å². The van der Waals surface area contributed by atoms with Gasteiger partial charge < -0.3 is 10.1 Å². The van der Waals surface area contributed by atoms with Crippen LogP contribution in [-0.2, 0) is 0 Å². The minimum atomic E-state index is 0.711. The van der Waals surface area contributed by atoms with Crippen LogP contribution in [-0.4, -0.2) is 17.1 Å². The first-order chi connectivity index (χ1) is 11.2. The number of aryl methyl sites for hydroxylation is 1. The van der Waals surface area contributed by atoms with E-state index in [0.29, 0.717) is 5.82 Å². The third-order valence-corrected chi connectivity index (χ3v) is 3.90. The van der Waals surface area contributed by atoms with Gasteiger partial charge in [0.25, 0.3) is 0 Å². The molecule has 5 heteroatoms. The van der Waals surface area contributed by atoms with Crippen LogP contribution in [0.4, 0.5) is 11.5 Å².